The SMILES string of the molecule is Cc1ccc(CSc2nc(CC(=O)Nc3ccc(C#N)cc3)cs2)cc1. The van der Waals surface area contributed by atoms with E-state index in [1.54, 1.807) is 47.4 Å². The minimum absolute atomic E-state index is 0.116. The van der Waals surface area contributed by atoms with Crippen LogP contribution in [0.3, 0.4) is 0 Å². The van der Waals surface area contributed by atoms with Crippen LogP contribution in [0.5, 0.6) is 0 Å². The first-order valence-corrected chi connectivity index (χ1v) is 9.91. The Morgan fingerprint density at radius 2 is 1.92 bits per heavy atom. The van der Waals surface area contributed by atoms with Crippen LogP contribution in [0.2, 0.25) is 0 Å². The average Bonchev–Trinajstić information content (AvgIpc) is 3.09. The summed E-state index contributed by atoms with van der Waals surface area (Å²) >= 11 is 3.24. The number of carbonyl (C=O) groups is 1. The molecule has 0 fully saturated rings. The predicted octanol–water partition coefficient (Wildman–Crippen LogP) is 4.80. The normalized spacial score (nSPS) is 10.3. The summed E-state index contributed by atoms with van der Waals surface area (Å²) in [5.74, 6) is 0.750. The molecule has 2 aromatic carbocycles. The molecule has 0 aliphatic rings. The summed E-state index contributed by atoms with van der Waals surface area (Å²) in [6.45, 7) is 2.08. The van der Waals surface area contributed by atoms with E-state index in [0.717, 1.165) is 15.8 Å². The standard InChI is InChI=1S/C20H17N3OS2/c1-14-2-4-16(5-3-14)12-25-20-23-18(13-26-20)10-19(24)22-17-8-6-15(11-21)7-9-17/h2-9,13H,10,12H2,1H3,(H,22,24). The number of hydrogen-bond acceptors (Lipinski definition) is 5. The zero-order valence-corrected chi connectivity index (χ0v) is 15.9. The summed E-state index contributed by atoms with van der Waals surface area (Å²) < 4.78 is 0.965. The number of nitrogens with one attached hydrogen (secondary N) is 1. The minimum Gasteiger partial charge on any atom is -0.326 e. The fourth-order valence-electron chi connectivity index (χ4n) is 2.26. The molecule has 6 heteroatoms. The summed E-state index contributed by atoms with van der Waals surface area (Å²) in [5.41, 5.74) is 4.53. The zero-order valence-electron chi connectivity index (χ0n) is 14.2. The molecule has 4 nitrogen and oxygen atoms in total. The molecule has 0 unspecified atom stereocenters. The molecule has 0 aliphatic carbocycles. The van der Waals surface area contributed by atoms with Gasteiger partial charge in [0.05, 0.1) is 23.7 Å². The van der Waals surface area contributed by atoms with Gasteiger partial charge in [0.15, 0.2) is 0 Å². The number of benzene rings is 2. The number of rotatable bonds is 6. The molecule has 0 aliphatic heterocycles. The zero-order chi connectivity index (χ0) is 18.4. The van der Waals surface area contributed by atoms with Crippen LogP contribution >= 0.6 is 23.1 Å². The van der Waals surface area contributed by atoms with Gasteiger partial charge in [-0.2, -0.15) is 5.26 Å². The quantitative estimate of drug-likeness (QED) is 0.625. The summed E-state index contributed by atoms with van der Waals surface area (Å²) in [7, 11) is 0. The summed E-state index contributed by atoms with van der Waals surface area (Å²) in [6, 6.07) is 17.3. The van der Waals surface area contributed by atoms with E-state index in [4.69, 9.17) is 5.26 Å². The summed E-state index contributed by atoms with van der Waals surface area (Å²) in [6.07, 6.45) is 0.238. The topological polar surface area (TPSA) is 65.8 Å². The molecular formula is C20H17N3OS2. The van der Waals surface area contributed by atoms with Gasteiger partial charge in [0.25, 0.3) is 0 Å². The molecule has 0 bridgehead atoms. The van der Waals surface area contributed by atoms with Crippen molar-refractivity contribution in [3.05, 3.63) is 76.3 Å². The molecule has 1 heterocycles. The number of nitriles is 1. The molecule has 0 radical (unpaired) electrons. The Morgan fingerprint density at radius 1 is 1.19 bits per heavy atom. The van der Waals surface area contributed by atoms with E-state index >= 15 is 0 Å². The van der Waals surface area contributed by atoms with Gasteiger partial charge in [-0.05, 0) is 36.8 Å². The number of carbonyl (C=O) groups excluding carboxylic acids is 1. The van der Waals surface area contributed by atoms with Crippen molar-refractivity contribution in [1.82, 2.24) is 4.98 Å². The lowest BCUT2D eigenvalue weighted by Gasteiger charge is -2.03. The minimum atomic E-state index is -0.116. The highest BCUT2D eigenvalue weighted by atomic mass is 32.2. The lowest BCUT2D eigenvalue weighted by molar-refractivity contribution is -0.115. The van der Waals surface area contributed by atoms with Gasteiger partial charge < -0.3 is 5.32 Å². The maximum Gasteiger partial charge on any atom is 0.230 e. The first-order valence-electron chi connectivity index (χ1n) is 8.05. The first-order chi connectivity index (χ1) is 12.6. The first kappa shape index (κ1) is 18.2. The molecule has 3 rings (SSSR count). The van der Waals surface area contributed by atoms with Crippen molar-refractivity contribution in [3.63, 3.8) is 0 Å². The molecule has 0 saturated heterocycles. The Bertz CT molecular complexity index is 925. The Hall–Kier alpha value is -2.62. The highest BCUT2D eigenvalue weighted by molar-refractivity contribution is 8.00. The van der Waals surface area contributed by atoms with E-state index in [1.165, 1.54) is 11.1 Å². The van der Waals surface area contributed by atoms with Gasteiger partial charge in [-0.15, -0.1) is 11.3 Å². The molecule has 1 amide bonds. The molecule has 3 aromatic rings. The van der Waals surface area contributed by atoms with Crippen LogP contribution in [0.4, 0.5) is 5.69 Å². The molecular weight excluding hydrogens is 362 g/mol. The number of amides is 1. The van der Waals surface area contributed by atoms with Gasteiger partial charge >= 0.3 is 0 Å². The maximum atomic E-state index is 12.1. The predicted molar refractivity (Wildman–Crippen MR) is 106 cm³/mol. The van der Waals surface area contributed by atoms with Crippen LogP contribution in [-0.2, 0) is 17.0 Å². The van der Waals surface area contributed by atoms with E-state index in [9.17, 15) is 4.79 Å². The van der Waals surface area contributed by atoms with Gasteiger partial charge in [-0.3, -0.25) is 4.79 Å². The second kappa shape index (κ2) is 8.65. The Labute approximate surface area is 160 Å². The largest absolute Gasteiger partial charge is 0.326 e. The molecule has 1 aromatic heterocycles. The fraction of sp³-hybridized carbons (Fsp3) is 0.150. The second-order valence-corrected chi connectivity index (χ2v) is 7.87. The van der Waals surface area contributed by atoms with Crippen LogP contribution in [0.25, 0.3) is 0 Å². The van der Waals surface area contributed by atoms with E-state index in [0.29, 0.717) is 11.3 Å². The number of nitrogens with zero attached hydrogens (tertiary/aromatic N) is 2. The van der Waals surface area contributed by atoms with Crippen LogP contribution in [0, 0.1) is 18.3 Å². The number of anilines is 1. The molecule has 26 heavy (non-hydrogen) atoms. The van der Waals surface area contributed by atoms with E-state index < -0.39 is 0 Å². The van der Waals surface area contributed by atoms with E-state index in [1.807, 2.05) is 5.38 Å². The number of thiazole rings is 1. The molecule has 130 valence electrons. The van der Waals surface area contributed by atoms with Crippen molar-refractivity contribution in [2.24, 2.45) is 0 Å². The van der Waals surface area contributed by atoms with Crippen LogP contribution in [-0.4, -0.2) is 10.9 Å². The lowest BCUT2D eigenvalue weighted by atomic mass is 10.2. The lowest BCUT2D eigenvalue weighted by Crippen LogP contribution is -2.14. The van der Waals surface area contributed by atoms with Gasteiger partial charge in [0.2, 0.25) is 5.91 Å². The highest BCUT2D eigenvalue weighted by Crippen LogP contribution is 2.26. The van der Waals surface area contributed by atoms with Crippen molar-refractivity contribution in [2.75, 3.05) is 5.32 Å². The van der Waals surface area contributed by atoms with Gasteiger partial charge in [-0.1, -0.05) is 41.6 Å². The van der Waals surface area contributed by atoms with Crippen molar-refractivity contribution in [2.45, 2.75) is 23.4 Å². The number of thioether (sulfide) groups is 1. The summed E-state index contributed by atoms with van der Waals surface area (Å²) in [5, 5.41) is 13.5. The van der Waals surface area contributed by atoms with Crippen LogP contribution in [0.15, 0.2) is 58.3 Å². The third-order valence-electron chi connectivity index (χ3n) is 3.65. The van der Waals surface area contributed by atoms with Gasteiger partial charge in [0, 0.05) is 16.8 Å². The Kier molecular flexibility index (Phi) is 6.05. The summed E-state index contributed by atoms with van der Waals surface area (Å²) in [4.78, 5) is 16.7. The average molecular weight is 380 g/mol. The third-order valence-corrected chi connectivity index (χ3v) is 5.79. The molecule has 0 atom stereocenters. The van der Waals surface area contributed by atoms with Crippen LogP contribution in [0.1, 0.15) is 22.4 Å². The molecule has 0 spiro atoms. The third kappa shape index (κ3) is 5.19. The van der Waals surface area contributed by atoms with Gasteiger partial charge in [-0.25, -0.2) is 4.98 Å². The highest BCUT2D eigenvalue weighted by Gasteiger charge is 2.09. The number of aryl methyl sites for hydroxylation is 1. The van der Waals surface area contributed by atoms with Crippen LogP contribution < -0.4 is 5.32 Å². The van der Waals surface area contributed by atoms with Gasteiger partial charge in [0.1, 0.15) is 4.34 Å². The monoisotopic (exact) mass is 379 g/mol. The molecule has 0 saturated carbocycles. The molecule has 1 N–H and O–H groups in total. The van der Waals surface area contributed by atoms with E-state index in [2.05, 4.69) is 47.6 Å². The number of hydrogen-bond donors (Lipinski definition) is 1. The van der Waals surface area contributed by atoms with Crippen molar-refractivity contribution in [1.29, 1.82) is 5.26 Å². The Morgan fingerprint density at radius 3 is 2.62 bits per heavy atom. The van der Waals surface area contributed by atoms with Crippen molar-refractivity contribution in [3.8, 4) is 6.07 Å². The van der Waals surface area contributed by atoms with Crippen molar-refractivity contribution >= 4 is 34.7 Å². The number of aromatic nitrogens is 1. The fourth-order valence-corrected chi connectivity index (χ4v) is 4.06. The van der Waals surface area contributed by atoms with Crippen molar-refractivity contribution < 1.29 is 4.79 Å². The Balaban J connectivity index is 1.51. The smallest absolute Gasteiger partial charge is 0.230 e. The second-order valence-electron chi connectivity index (χ2n) is 5.79. The van der Waals surface area contributed by atoms with E-state index in [-0.39, 0.29) is 12.3 Å². The maximum absolute atomic E-state index is 12.1.